The smallest absolute Gasteiger partial charge is 0.231 e. The Morgan fingerprint density at radius 3 is 3.00 bits per heavy atom. The van der Waals surface area contributed by atoms with Crippen LogP contribution in [0.5, 0.6) is 0 Å². The number of halogens is 1. The van der Waals surface area contributed by atoms with Gasteiger partial charge in [-0.25, -0.2) is 4.98 Å². The van der Waals surface area contributed by atoms with E-state index in [0.717, 1.165) is 23.1 Å². The molecule has 22 heavy (non-hydrogen) atoms. The maximum atomic E-state index is 12.3. The van der Waals surface area contributed by atoms with E-state index in [1.807, 2.05) is 17.0 Å². The van der Waals surface area contributed by atoms with E-state index in [1.54, 1.807) is 6.07 Å². The lowest BCUT2D eigenvalue weighted by Crippen LogP contribution is -2.29. The topological polar surface area (TPSA) is 62.3 Å². The summed E-state index contributed by atoms with van der Waals surface area (Å²) in [6, 6.07) is 5.81. The highest BCUT2D eigenvalue weighted by molar-refractivity contribution is 7.22. The molecule has 0 spiro atoms. The summed E-state index contributed by atoms with van der Waals surface area (Å²) >= 11 is 7.35. The van der Waals surface area contributed by atoms with Crippen LogP contribution < -0.4 is 5.32 Å². The van der Waals surface area contributed by atoms with Crippen LogP contribution in [0, 0.1) is 5.92 Å². The zero-order chi connectivity index (χ0) is 15.3. The number of fused-ring (bicyclic) bond motifs is 1. The van der Waals surface area contributed by atoms with Crippen molar-refractivity contribution < 1.29 is 9.59 Å². The van der Waals surface area contributed by atoms with E-state index in [4.69, 9.17) is 11.6 Å². The van der Waals surface area contributed by atoms with Gasteiger partial charge in [0.15, 0.2) is 5.13 Å². The molecule has 1 saturated carbocycles. The maximum absolute atomic E-state index is 12.3. The lowest BCUT2D eigenvalue weighted by molar-refractivity contribution is -0.128. The number of carbonyl (C=O) groups is 2. The SMILES string of the molecule is O=C(Nc1nc2ccc(Cl)cc2s1)[C@@H]1CC(=O)N(C2CC2)C1. The predicted octanol–water partition coefficient (Wildman–Crippen LogP) is 2.90. The van der Waals surface area contributed by atoms with Crippen molar-refractivity contribution >= 4 is 50.1 Å². The fraction of sp³-hybridized carbons (Fsp3) is 0.400. The molecule has 1 N–H and O–H groups in total. The standard InChI is InChI=1S/C15H14ClN3O2S/c16-9-1-4-11-12(6-9)22-15(17-11)18-14(21)8-5-13(20)19(7-8)10-2-3-10/h1,4,6,8,10H,2-3,5,7H2,(H,17,18,21)/t8-/m1/s1. The fourth-order valence-corrected chi connectivity index (χ4v) is 3.95. The number of nitrogens with one attached hydrogen (secondary N) is 1. The van der Waals surface area contributed by atoms with Crippen LogP contribution in [0.15, 0.2) is 18.2 Å². The van der Waals surface area contributed by atoms with Crippen LogP contribution >= 0.6 is 22.9 Å². The highest BCUT2D eigenvalue weighted by Gasteiger charge is 2.41. The Morgan fingerprint density at radius 1 is 1.41 bits per heavy atom. The van der Waals surface area contributed by atoms with Crippen molar-refractivity contribution in [3.63, 3.8) is 0 Å². The van der Waals surface area contributed by atoms with Gasteiger partial charge in [0.2, 0.25) is 11.8 Å². The van der Waals surface area contributed by atoms with Gasteiger partial charge >= 0.3 is 0 Å². The Labute approximate surface area is 136 Å². The average Bonchev–Trinajstić information content (AvgIpc) is 3.13. The van der Waals surface area contributed by atoms with Crippen LogP contribution in [0.25, 0.3) is 10.2 Å². The minimum Gasteiger partial charge on any atom is -0.339 e. The van der Waals surface area contributed by atoms with Crippen molar-refractivity contribution in [2.75, 3.05) is 11.9 Å². The number of aromatic nitrogens is 1. The Kier molecular flexibility index (Phi) is 3.31. The molecule has 1 aromatic carbocycles. The molecule has 2 aromatic rings. The van der Waals surface area contributed by atoms with Crippen LogP contribution in [-0.2, 0) is 9.59 Å². The second kappa shape index (κ2) is 5.21. The molecule has 1 aromatic heterocycles. The number of amides is 2. The summed E-state index contributed by atoms with van der Waals surface area (Å²) < 4.78 is 0.935. The van der Waals surface area contributed by atoms with Crippen molar-refractivity contribution in [3.8, 4) is 0 Å². The first-order valence-electron chi connectivity index (χ1n) is 7.26. The Morgan fingerprint density at radius 2 is 2.23 bits per heavy atom. The number of rotatable bonds is 3. The highest BCUT2D eigenvalue weighted by atomic mass is 35.5. The minimum absolute atomic E-state index is 0.0960. The third-order valence-electron chi connectivity index (χ3n) is 4.10. The van der Waals surface area contributed by atoms with Crippen molar-refractivity contribution in [1.29, 1.82) is 0 Å². The Bertz CT molecular complexity index is 771. The van der Waals surface area contributed by atoms with E-state index in [1.165, 1.54) is 11.3 Å². The molecule has 2 amide bonds. The maximum Gasteiger partial charge on any atom is 0.231 e. The van der Waals surface area contributed by atoms with E-state index in [-0.39, 0.29) is 17.7 Å². The van der Waals surface area contributed by atoms with E-state index in [9.17, 15) is 9.59 Å². The van der Waals surface area contributed by atoms with Gasteiger partial charge in [-0.05, 0) is 31.0 Å². The van der Waals surface area contributed by atoms with Gasteiger partial charge < -0.3 is 10.2 Å². The summed E-state index contributed by atoms with van der Waals surface area (Å²) in [6.45, 7) is 0.534. The molecular formula is C15H14ClN3O2S. The molecule has 2 heterocycles. The lowest BCUT2D eigenvalue weighted by Gasteiger charge is -2.14. The molecule has 7 heteroatoms. The van der Waals surface area contributed by atoms with Gasteiger partial charge in [0.25, 0.3) is 0 Å². The quantitative estimate of drug-likeness (QED) is 0.938. The van der Waals surface area contributed by atoms with E-state index >= 15 is 0 Å². The summed E-state index contributed by atoms with van der Waals surface area (Å²) in [5.41, 5.74) is 0.812. The van der Waals surface area contributed by atoms with Crippen LogP contribution in [0.1, 0.15) is 19.3 Å². The average molecular weight is 336 g/mol. The zero-order valence-electron chi connectivity index (χ0n) is 11.7. The first kappa shape index (κ1) is 14.0. The van der Waals surface area contributed by atoms with E-state index < -0.39 is 0 Å². The molecule has 0 bridgehead atoms. The third kappa shape index (κ3) is 2.57. The van der Waals surface area contributed by atoms with Gasteiger partial charge in [0.1, 0.15) is 0 Å². The van der Waals surface area contributed by atoms with E-state index in [0.29, 0.717) is 29.2 Å². The Balaban J connectivity index is 1.47. The number of nitrogens with zero attached hydrogens (tertiary/aromatic N) is 2. The molecule has 0 radical (unpaired) electrons. The van der Waals surface area contributed by atoms with Crippen molar-refractivity contribution in [1.82, 2.24) is 9.88 Å². The molecule has 0 unspecified atom stereocenters. The fourth-order valence-electron chi connectivity index (χ4n) is 2.81. The molecule has 2 aliphatic rings. The number of carbonyl (C=O) groups excluding carboxylic acids is 2. The van der Waals surface area contributed by atoms with Crippen LogP contribution in [0.2, 0.25) is 5.02 Å². The molecule has 2 fully saturated rings. The first-order valence-corrected chi connectivity index (χ1v) is 8.46. The normalized spacial score (nSPS) is 21.6. The van der Waals surface area contributed by atoms with Crippen LogP contribution in [-0.4, -0.2) is 34.3 Å². The molecule has 114 valence electrons. The number of anilines is 1. The number of hydrogen-bond acceptors (Lipinski definition) is 4. The lowest BCUT2D eigenvalue weighted by atomic mass is 10.1. The number of likely N-dealkylation sites (tertiary alicyclic amines) is 1. The summed E-state index contributed by atoms with van der Waals surface area (Å²) in [7, 11) is 0. The largest absolute Gasteiger partial charge is 0.339 e. The van der Waals surface area contributed by atoms with Gasteiger partial charge in [0, 0.05) is 24.0 Å². The Hall–Kier alpha value is -1.66. The minimum atomic E-state index is -0.274. The molecule has 5 nitrogen and oxygen atoms in total. The molecule has 1 aliphatic heterocycles. The summed E-state index contributed by atoms with van der Waals surface area (Å²) in [4.78, 5) is 30.5. The van der Waals surface area contributed by atoms with Gasteiger partial charge in [-0.3, -0.25) is 9.59 Å². The number of benzene rings is 1. The number of thiazole rings is 1. The van der Waals surface area contributed by atoms with Crippen LogP contribution in [0.4, 0.5) is 5.13 Å². The van der Waals surface area contributed by atoms with E-state index in [2.05, 4.69) is 10.3 Å². The summed E-state index contributed by atoms with van der Waals surface area (Å²) in [6.07, 6.45) is 2.44. The second-order valence-corrected chi connectivity index (χ2v) is 7.27. The number of hydrogen-bond donors (Lipinski definition) is 1. The zero-order valence-corrected chi connectivity index (χ0v) is 13.3. The first-order chi connectivity index (χ1) is 10.6. The van der Waals surface area contributed by atoms with Crippen molar-refractivity contribution in [2.45, 2.75) is 25.3 Å². The van der Waals surface area contributed by atoms with Gasteiger partial charge in [-0.15, -0.1) is 0 Å². The van der Waals surface area contributed by atoms with Crippen molar-refractivity contribution in [2.24, 2.45) is 5.92 Å². The second-order valence-electron chi connectivity index (χ2n) is 5.80. The molecule has 1 aliphatic carbocycles. The highest BCUT2D eigenvalue weighted by Crippen LogP contribution is 2.33. The summed E-state index contributed by atoms with van der Waals surface area (Å²) in [5, 5.41) is 4.04. The third-order valence-corrected chi connectivity index (χ3v) is 5.27. The van der Waals surface area contributed by atoms with Gasteiger partial charge in [-0.1, -0.05) is 22.9 Å². The van der Waals surface area contributed by atoms with Crippen LogP contribution in [0.3, 0.4) is 0 Å². The molecule has 1 saturated heterocycles. The molecule has 1 atom stereocenters. The van der Waals surface area contributed by atoms with Crippen molar-refractivity contribution in [3.05, 3.63) is 23.2 Å². The monoisotopic (exact) mass is 335 g/mol. The van der Waals surface area contributed by atoms with Gasteiger partial charge in [-0.2, -0.15) is 0 Å². The molecular weight excluding hydrogens is 322 g/mol. The molecule has 4 rings (SSSR count). The predicted molar refractivity (Wildman–Crippen MR) is 86.1 cm³/mol. The van der Waals surface area contributed by atoms with Gasteiger partial charge in [0.05, 0.1) is 16.1 Å². The summed E-state index contributed by atoms with van der Waals surface area (Å²) in [5.74, 6) is -0.302.